The SMILES string of the molecule is CC(C)(C)OC(=O)N1[C@H](C(=O)O)[C@H]2CC(NC(=O)OCC3c4ccccc4-c4ccccc43)[C@@H]1C2. The molecule has 2 aromatic rings. The van der Waals surface area contributed by atoms with Crippen molar-refractivity contribution in [1.29, 1.82) is 0 Å². The molecule has 1 aliphatic heterocycles. The van der Waals surface area contributed by atoms with Crippen LogP contribution in [-0.4, -0.2) is 58.5 Å². The number of carboxylic acid groups (broad SMARTS) is 1. The van der Waals surface area contributed by atoms with Crippen molar-refractivity contribution >= 4 is 18.2 Å². The number of amides is 2. The lowest BCUT2D eigenvalue weighted by Crippen LogP contribution is -2.58. The van der Waals surface area contributed by atoms with Gasteiger partial charge in [-0.15, -0.1) is 0 Å². The molecule has 0 aromatic heterocycles. The number of alkyl carbamates (subject to hydrolysis) is 1. The molecule has 1 heterocycles. The fourth-order valence-electron chi connectivity index (χ4n) is 5.88. The molecular formula is C27H30N2O6. The van der Waals surface area contributed by atoms with Gasteiger partial charge in [0.25, 0.3) is 0 Å². The fourth-order valence-corrected chi connectivity index (χ4v) is 5.88. The molecule has 2 aromatic carbocycles. The summed E-state index contributed by atoms with van der Waals surface area (Å²) in [5.74, 6) is -1.35. The largest absolute Gasteiger partial charge is 0.480 e. The lowest BCUT2D eigenvalue weighted by Gasteiger charge is -2.38. The van der Waals surface area contributed by atoms with E-state index in [1.54, 1.807) is 20.8 Å². The van der Waals surface area contributed by atoms with Crippen molar-refractivity contribution < 1.29 is 29.0 Å². The quantitative estimate of drug-likeness (QED) is 0.676. The first-order valence-electron chi connectivity index (χ1n) is 12.0. The van der Waals surface area contributed by atoms with E-state index in [1.807, 2.05) is 24.3 Å². The molecule has 0 spiro atoms. The lowest BCUT2D eigenvalue weighted by atomic mass is 9.97. The Morgan fingerprint density at radius 3 is 2.17 bits per heavy atom. The number of rotatable bonds is 4. The molecule has 4 atom stereocenters. The predicted molar refractivity (Wildman–Crippen MR) is 128 cm³/mol. The summed E-state index contributed by atoms with van der Waals surface area (Å²) < 4.78 is 11.1. The first kappa shape index (κ1) is 23.2. The van der Waals surface area contributed by atoms with Gasteiger partial charge < -0.3 is 19.9 Å². The minimum Gasteiger partial charge on any atom is -0.480 e. The molecule has 1 unspecified atom stereocenters. The predicted octanol–water partition coefficient (Wildman–Crippen LogP) is 4.38. The number of nitrogens with zero attached hydrogens (tertiary/aromatic N) is 1. The van der Waals surface area contributed by atoms with Crippen LogP contribution in [0.15, 0.2) is 48.5 Å². The molecular weight excluding hydrogens is 448 g/mol. The molecule has 8 heteroatoms. The van der Waals surface area contributed by atoms with Crippen molar-refractivity contribution in [3.05, 3.63) is 59.7 Å². The molecule has 184 valence electrons. The standard InChI is InChI=1S/C27H30N2O6/c1-27(2,3)35-26(33)29-22-13-15(23(29)24(30)31)12-21(22)28-25(32)34-14-20-18-10-6-4-8-16(18)17-9-5-7-11-19(17)20/h4-11,15,20-23H,12-14H2,1-3H3,(H,28,32)(H,30,31)/t15-,21?,22-,23-/m0/s1. The third-order valence-electron chi connectivity index (χ3n) is 7.17. The van der Waals surface area contributed by atoms with Crippen LogP contribution in [0.5, 0.6) is 0 Å². The summed E-state index contributed by atoms with van der Waals surface area (Å²) in [5, 5.41) is 12.6. The summed E-state index contributed by atoms with van der Waals surface area (Å²) in [6.45, 7) is 5.40. The van der Waals surface area contributed by atoms with Crippen molar-refractivity contribution in [3.8, 4) is 11.1 Å². The molecule has 3 aliphatic rings. The molecule has 2 fully saturated rings. The van der Waals surface area contributed by atoms with Crippen LogP contribution in [0.2, 0.25) is 0 Å². The van der Waals surface area contributed by atoms with E-state index in [-0.39, 0.29) is 18.4 Å². The van der Waals surface area contributed by atoms with E-state index in [0.717, 1.165) is 22.3 Å². The molecule has 1 saturated heterocycles. The van der Waals surface area contributed by atoms with Crippen LogP contribution in [0.1, 0.15) is 50.7 Å². The fraction of sp³-hybridized carbons (Fsp3) is 0.444. The highest BCUT2D eigenvalue weighted by Gasteiger charge is 2.57. The number of likely N-dealkylation sites (tertiary alicyclic amines) is 1. The first-order chi connectivity index (χ1) is 16.6. The summed E-state index contributed by atoms with van der Waals surface area (Å²) in [6.07, 6.45) is -0.257. The zero-order valence-corrected chi connectivity index (χ0v) is 20.1. The van der Waals surface area contributed by atoms with Crippen LogP contribution in [0.4, 0.5) is 9.59 Å². The van der Waals surface area contributed by atoms with Crippen molar-refractivity contribution in [2.24, 2.45) is 5.92 Å². The maximum absolute atomic E-state index is 12.8. The van der Waals surface area contributed by atoms with Crippen molar-refractivity contribution in [2.45, 2.75) is 63.3 Å². The molecule has 35 heavy (non-hydrogen) atoms. The molecule has 8 nitrogen and oxygen atoms in total. The average Bonchev–Trinajstić information content (AvgIpc) is 3.46. The van der Waals surface area contributed by atoms with Crippen molar-refractivity contribution in [1.82, 2.24) is 10.2 Å². The van der Waals surface area contributed by atoms with E-state index < -0.39 is 41.9 Å². The third kappa shape index (κ3) is 4.22. The first-order valence-corrected chi connectivity index (χ1v) is 12.0. The van der Waals surface area contributed by atoms with Gasteiger partial charge in [-0.3, -0.25) is 4.90 Å². The Balaban J connectivity index is 1.26. The minimum absolute atomic E-state index is 0.0529. The number of carboxylic acids is 1. The highest BCUT2D eigenvalue weighted by molar-refractivity contribution is 5.83. The number of fused-ring (bicyclic) bond motifs is 5. The minimum atomic E-state index is -1.05. The number of aliphatic carboxylic acids is 1. The number of piperidine rings is 1. The van der Waals surface area contributed by atoms with Gasteiger partial charge in [-0.05, 0) is 61.8 Å². The van der Waals surface area contributed by atoms with Gasteiger partial charge in [0.2, 0.25) is 0 Å². The Morgan fingerprint density at radius 1 is 1.00 bits per heavy atom. The van der Waals surface area contributed by atoms with Crippen molar-refractivity contribution in [2.75, 3.05) is 6.61 Å². The van der Waals surface area contributed by atoms with E-state index in [4.69, 9.17) is 9.47 Å². The summed E-state index contributed by atoms with van der Waals surface area (Å²) in [5.41, 5.74) is 3.80. The van der Waals surface area contributed by atoms with Gasteiger partial charge >= 0.3 is 18.2 Å². The maximum atomic E-state index is 12.8. The molecule has 2 amide bonds. The van der Waals surface area contributed by atoms with E-state index in [9.17, 15) is 19.5 Å². The smallest absolute Gasteiger partial charge is 0.411 e. The number of hydrogen-bond donors (Lipinski definition) is 2. The number of benzene rings is 2. The van der Waals surface area contributed by atoms with Gasteiger partial charge in [0.15, 0.2) is 0 Å². The second-order valence-electron chi connectivity index (χ2n) is 10.5. The summed E-state index contributed by atoms with van der Waals surface area (Å²) >= 11 is 0. The highest BCUT2D eigenvalue weighted by Crippen LogP contribution is 2.45. The van der Waals surface area contributed by atoms with E-state index >= 15 is 0 Å². The summed E-state index contributed by atoms with van der Waals surface area (Å²) in [7, 11) is 0. The zero-order valence-electron chi connectivity index (χ0n) is 20.1. The highest BCUT2D eigenvalue weighted by atomic mass is 16.6. The molecule has 2 aliphatic carbocycles. The van der Waals surface area contributed by atoms with Crippen LogP contribution in [-0.2, 0) is 14.3 Å². The Labute approximate surface area is 204 Å². The van der Waals surface area contributed by atoms with Crippen LogP contribution in [0, 0.1) is 5.92 Å². The summed E-state index contributed by atoms with van der Waals surface area (Å²) in [4.78, 5) is 38.8. The Kier molecular flexibility index (Phi) is 5.69. The molecule has 5 rings (SSSR count). The average molecular weight is 479 g/mol. The number of hydrogen-bond acceptors (Lipinski definition) is 5. The monoisotopic (exact) mass is 478 g/mol. The second kappa shape index (κ2) is 8.59. The topological polar surface area (TPSA) is 105 Å². The Bertz CT molecular complexity index is 1130. The van der Waals surface area contributed by atoms with E-state index in [1.165, 1.54) is 4.90 Å². The maximum Gasteiger partial charge on any atom is 0.411 e. The van der Waals surface area contributed by atoms with Crippen LogP contribution in [0.25, 0.3) is 11.1 Å². The lowest BCUT2D eigenvalue weighted by molar-refractivity contribution is -0.145. The molecule has 2 bridgehead atoms. The van der Waals surface area contributed by atoms with Crippen LogP contribution >= 0.6 is 0 Å². The number of nitrogens with one attached hydrogen (secondary N) is 1. The van der Waals surface area contributed by atoms with Gasteiger partial charge in [0.1, 0.15) is 18.2 Å². The van der Waals surface area contributed by atoms with Crippen LogP contribution in [0.3, 0.4) is 0 Å². The molecule has 2 N–H and O–H groups in total. The van der Waals surface area contributed by atoms with Gasteiger partial charge in [-0.25, -0.2) is 14.4 Å². The van der Waals surface area contributed by atoms with E-state index in [2.05, 4.69) is 29.6 Å². The Hall–Kier alpha value is -3.55. The molecule has 1 saturated carbocycles. The van der Waals surface area contributed by atoms with Crippen molar-refractivity contribution in [3.63, 3.8) is 0 Å². The van der Waals surface area contributed by atoms with Gasteiger partial charge in [-0.2, -0.15) is 0 Å². The third-order valence-corrected chi connectivity index (χ3v) is 7.17. The molecule has 0 radical (unpaired) electrons. The van der Waals surface area contributed by atoms with E-state index in [0.29, 0.717) is 12.8 Å². The number of ether oxygens (including phenoxy) is 2. The number of carbonyl (C=O) groups excluding carboxylic acids is 2. The summed E-state index contributed by atoms with van der Waals surface area (Å²) in [6, 6.07) is 14.5. The van der Waals surface area contributed by atoms with Crippen LogP contribution < -0.4 is 5.32 Å². The van der Waals surface area contributed by atoms with Gasteiger partial charge in [-0.1, -0.05) is 48.5 Å². The van der Waals surface area contributed by atoms with Gasteiger partial charge in [0.05, 0.1) is 12.1 Å². The number of carbonyl (C=O) groups is 3. The Morgan fingerprint density at radius 2 is 1.60 bits per heavy atom. The normalized spacial score (nSPS) is 24.6. The second-order valence-corrected chi connectivity index (χ2v) is 10.5. The van der Waals surface area contributed by atoms with Gasteiger partial charge in [0, 0.05) is 5.92 Å². The zero-order chi connectivity index (χ0) is 24.9.